The van der Waals surface area contributed by atoms with Gasteiger partial charge < -0.3 is 19.9 Å². The first kappa shape index (κ1) is 16.8. The van der Waals surface area contributed by atoms with Crippen LogP contribution in [0.3, 0.4) is 0 Å². The topological polar surface area (TPSA) is 50.7 Å². The number of nitrogens with one attached hydrogen (secondary N) is 1. The van der Waals surface area contributed by atoms with Crippen LogP contribution in [0.2, 0.25) is 0 Å². The Bertz CT molecular complexity index is 418. The van der Waals surface area contributed by atoms with E-state index in [0.29, 0.717) is 6.54 Å². The largest absolute Gasteiger partial charge is 0.496 e. The second-order valence-corrected chi connectivity index (χ2v) is 5.90. The van der Waals surface area contributed by atoms with Gasteiger partial charge >= 0.3 is 0 Å². The molecule has 0 spiro atoms. The van der Waals surface area contributed by atoms with Gasteiger partial charge in [0.25, 0.3) is 0 Å². The summed E-state index contributed by atoms with van der Waals surface area (Å²) in [5.41, 5.74) is 1.93. The van der Waals surface area contributed by atoms with Crippen molar-refractivity contribution in [2.45, 2.75) is 40.3 Å². The Morgan fingerprint density at radius 1 is 1.20 bits per heavy atom. The van der Waals surface area contributed by atoms with Gasteiger partial charge in [0.1, 0.15) is 11.5 Å². The lowest BCUT2D eigenvalue weighted by Crippen LogP contribution is -2.41. The summed E-state index contributed by atoms with van der Waals surface area (Å²) in [6.45, 7) is 8.94. The molecule has 0 aliphatic heterocycles. The number of methoxy groups -OCH3 is 2. The number of rotatable bonds is 7. The van der Waals surface area contributed by atoms with Crippen LogP contribution in [-0.4, -0.2) is 32.0 Å². The molecule has 1 rings (SSSR count). The molecule has 0 saturated carbocycles. The summed E-state index contributed by atoms with van der Waals surface area (Å²) in [6.07, 6.45) is 0. The Hall–Kier alpha value is -1.26. The van der Waals surface area contributed by atoms with Crippen LogP contribution in [0.15, 0.2) is 12.1 Å². The van der Waals surface area contributed by atoms with Crippen LogP contribution >= 0.6 is 0 Å². The van der Waals surface area contributed by atoms with E-state index in [0.717, 1.165) is 22.6 Å². The molecule has 1 aromatic rings. The molecule has 1 atom stereocenters. The fourth-order valence-corrected chi connectivity index (χ4v) is 1.96. The van der Waals surface area contributed by atoms with E-state index < -0.39 is 0 Å². The molecule has 0 fully saturated rings. The summed E-state index contributed by atoms with van der Waals surface area (Å²) in [6, 6.07) is 4.17. The van der Waals surface area contributed by atoms with E-state index in [-0.39, 0.29) is 18.1 Å². The van der Waals surface area contributed by atoms with Gasteiger partial charge in [-0.1, -0.05) is 13.8 Å². The van der Waals surface area contributed by atoms with E-state index in [1.807, 2.05) is 32.9 Å². The molecule has 0 saturated heterocycles. The highest BCUT2D eigenvalue weighted by Gasteiger charge is 2.25. The number of ether oxygens (including phenoxy) is 2. The third-order valence-electron chi connectivity index (χ3n) is 3.92. The molecular weight excluding hydrogens is 254 g/mol. The zero-order chi connectivity index (χ0) is 15.3. The van der Waals surface area contributed by atoms with Crippen molar-refractivity contribution in [2.75, 3.05) is 20.8 Å². The van der Waals surface area contributed by atoms with Crippen LogP contribution in [0.25, 0.3) is 0 Å². The number of benzene rings is 1. The van der Waals surface area contributed by atoms with E-state index in [1.54, 1.807) is 14.2 Å². The quantitative estimate of drug-likeness (QED) is 0.806. The summed E-state index contributed by atoms with van der Waals surface area (Å²) in [5.74, 6) is 1.65. The molecule has 0 aliphatic carbocycles. The summed E-state index contributed by atoms with van der Waals surface area (Å²) in [7, 11) is 3.33. The number of hydrogen-bond donors (Lipinski definition) is 2. The SMILES string of the molecule is COc1cc(C)cc(OC)c1CNC(C)C(C)(C)CO. The third kappa shape index (κ3) is 3.87. The van der Waals surface area contributed by atoms with Gasteiger partial charge in [-0.15, -0.1) is 0 Å². The van der Waals surface area contributed by atoms with Gasteiger partial charge in [0.05, 0.1) is 14.2 Å². The predicted molar refractivity (Wildman–Crippen MR) is 81.5 cm³/mol. The summed E-state index contributed by atoms with van der Waals surface area (Å²) >= 11 is 0. The number of aryl methyl sites for hydroxylation is 1. The molecule has 0 aliphatic rings. The zero-order valence-electron chi connectivity index (χ0n) is 13.4. The van der Waals surface area contributed by atoms with Gasteiger partial charge in [-0.3, -0.25) is 0 Å². The van der Waals surface area contributed by atoms with Crippen molar-refractivity contribution in [1.82, 2.24) is 5.32 Å². The zero-order valence-corrected chi connectivity index (χ0v) is 13.4. The maximum absolute atomic E-state index is 9.41. The lowest BCUT2D eigenvalue weighted by atomic mass is 9.86. The molecule has 0 aromatic heterocycles. The predicted octanol–water partition coefficient (Wildman–Crippen LogP) is 2.51. The highest BCUT2D eigenvalue weighted by atomic mass is 16.5. The first-order chi connectivity index (χ1) is 9.35. The first-order valence-electron chi connectivity index (χ1n) is 6.91. The van der Waals surface area contributed by atoms with Crippen molar-refractivity contribution in [3.05, 3.63) is 23.3 Å². The summed E-state index contributed by atoms with van der Waals surface area (Å²) < 4.78 is 10.9. The third-order valence-corrected chi connectivity index (χ3v) is 3.92. The van der Waals surface area contributed by atoms with Gasteiger partial charge in [0.15, 0.2) is 0 Å². The second kappa shape index (κ2) is 6.95. The van der Waals surface area contributed by atoms with E-state index in [4.69, 9.17) is 9.47 Å². The minimum Gasteiger partial charge on any atom is -0.496 e. The van der Waals surface area contributed by atoms with Crippen LogP contribution < -0.4 is 14.8 Å². The highest BCUT2D eigenvalue weighted by Crippen LogP contribution is 2.31. The second-order valence-electron chi connectivity index (χ2n) is 5.90. The van der Waals surface area contributed by atoms with Crippen LogP contribution in [0.4, 0.5) is 0 Å². The minimum absolute atomic E-state index is 0.142. The van der Waals surface area contributed by atoms with Crippen LogP contribution in [0.1, 0.15) is 31.9 Å². The molecular formula is C16H27NO3. The summed E-state index contributed by atoms with van der Waals surface area (Å²) in [5, 5.41) is 12.8. The molecule has 0 radical (unpaired) electrons. The Labute approximate surface area is 122 Å². The van der Waals surface area contributed by atoms with Gasteiger partial charge in [0, 0.05) is 30.2 Å². The molecule has 4 heteroatoms. The van der Waals surface area contributed by atoms with Crippen molar-refractivity contribution in [3.8, 4) is 11.5 Å². The van der Waals surface area contributed by atoms with E-state index in [1.165, 1.54) is 0 Å². The van der Waals surface area contributed by atoms with Crippen LogP contribution in [0, 0.1) is 12.3 Å². The maximum Gasteiger partial charge on any atom is 0.127 e. The minimum atomic E-state index is -0.175. The number of hydrogen-bond acceptors (Lipinski definition) is 4. The van der Waals surface area contributed by atoms with Gasteiger partial charge in [0.2, 0.25) is 0 Å². The van der Waals surface area contributed by atoms with E-state index in [2.05, 4.69) is 12.2 Å². The normalized spacial score (nSPS) is 13.2. The number of aliphatic hydroxyl groups is 1. The lowest BCUT2D eigenvalue weighted by Gasteiger charge is -2.31. The summed E-state index contributed by atoms with van der Waals surface area (Å²) in [4.78, 5) is 0. The van der Waals surface area contributed by atoms with Crippen molar-refractivity contribution in [1.29, 1.82) is 0 Å². The Kier molecular flexibility index (Phi) is 5.84. The van der Waals surface area contributed by atoms with Crippen molar-refractivity contribution in [3.63, 3.8) is 0 Å². The van der Waals surface area contributed by atoms with E-state index in [9.17, 15) is 5.11 Å². The lowest BCUT2D eigenvalue weighted by molar-refractivity contribution is 0.122. The standard InChI is InChI=1S/C16H27NO3/c1-11-7-14(19-5)13(15(8-11)20-6)9-17-12(2)16(3,4)10-18/h7-8,12,17-18H,9-10H2,1-6H3. The van der Waals surface area contributed by atoms with Gasteiger partial charge in [-0.05, 0) is 31.5 Å². The monoisotopic (exact) mass is 281 g/mol. The molecule has 20 heavy (non-hydrogen) atoms. The first-order valence-corrected chi connectivity index (χ1v) is 6.91. The maximum atomic E-state index is 9.41. The molecule has 0 amide bonds. The molecule has 1 unspecified atom stereocenters. The molecule has 4 nitrogen and oxygen atoms in total. The Morgan fingerprint density at radius 3 is 2.10 bits per heavy atom. The Balaban J connectivity index is 2.92. The molecule has 0 heterocycles. The number of aliphatic hydroxyl groups excluding tert-OH is 1. The van der Waals surface area contributed by atoms with Crippen LogP contribution in [0.5, 0.6) is 11.5 Å². The molecule has 1 aromatic carbocycles. The molecule has 2 N–H and O–H groups in total. The smallest absolute Gasteiger partial charge is 0.127 e. The Morgan fingerprint density at radius 2 is 1.70 bits per heavy atom. The van der Waals surface area contributed by atoms with E-state index >= 15 is 0 Å². The molecule has 0 bridgehead atoms. The van der Waals surface area contributed by atoms with Crippen LogP contribution in [-0.2, 0) is 6.54 Å². The average molecular weight is 281 g/mol. The fraction of sp³-hybridized carbons (Fsp3) is 0.625. The molecule has 114 valence electrons. The van der Waals surface area contributed by atoms with Gasteiger partial charge in [-0.25, -0.2) is 0 Å². The van der Waals surface area contributed by atoms with Crippen molar-refractivity contribution in [2.24, 2.45) is 5.41 Å². The average Bonchev–Trinajstić information content (AvgIpc) is 2.44. The highest BCUT2D eigenvalue weighted by molar-refractivity contribution is 5.47. The van der Waals surface area contributed by atoms with Crippen molar-refractivity contribution >= 4 is 0 Å². The van der Waals surface area contributed by atoms with Gasteiger partial charge in [-0.2, -0.15) is 0 Å². The fourth-order valence-electron chi connectivity index (χ4n) is 1.96. The van der Waals surface area contributed by atoms with Crippen molar-refractivity contribution < 1.29 is 14.6 Å².